The topological polar surface area (TPSA) is 95.9 Å². The Morgan fingerprint density at radius 2 is 1.60 bits per heavy atom. The van der Waals surface area contributed by atoms with Crippen molar-refractivity contribution >= 4 is 46.8 Å². The van der Waals surface area contributed by atoms with E-state index in [9.17, 15) is 19.5 Å². The highest BCUT2D eigenvalue weighted by Crippen LogP contribution is 2.39. The number of ketones is 1. The van der Waals surface area contributed by atoms with Crippen LogP contribution >= 0.6 is 23.4 Å². The molecule has 2 amide bonds. The van der Waals surface area contributed by atoms with Crippen LogP contribution in [0.4, 0.5) is 10.5 Å². The lowest BCUT2D eigenvalue weighted by atomic mass is 9.82. The molecule has 1 saturated heterocycles. The molecule has 0 unspecified atom stereocenters. The van der Waals surface area contributed by atoms with Gasteiger partial charge in [0.1, 0.15) is 5.75 Å². The summed E-state index contributed by atoms with van der Waals surface area (Å²) in [4.78, 5) is 41.5. The molecule has 0 bridgehead atoms. The van der Waals surface area contributed by atoms with Crippen LogP contribution in [-0.4, -0.2) is 52.7 Å². The summed E-state index contributed by atoms with van der Waals surface area (Å²) in [6, 6.07) is 18.0. The minimum absolute atomic E-state index is 0.0258. The van der Waals surface area contributed by atoms with E-state index in [1.165, 1.54) is 13.8 Å². The number of aryl methyl sites for hydroxylation is 2. The number of benzene rings is 3. The summed E-state index contributed by atoms with van der Waals surface area (Å²) >= 11 is 7.59. The molecule has 2 atom stereocenters. The van der Waals surface area contributed by atoms with E-state index in [-0.39, 0.29) is 24.3 Å². The van der Waals surface area contributed by atoms with Crippen molar-refractivity contribution in [1.82, 2.24) is 4.90 Å². The molecule has 0 aromatic heterocycles. The van der Waals surface area contributed by atoms with Crippen LogP contribution in [-0.2, 0) is 4.79 Å². The number of hydrogen-bond donors (Lipinski definition) is 2. The Labute approximate surface area is 243 Å². The van der Waals surface area contributed by atoms with Gasteiger partial charge in [-0.3, -0.25) is 4.79 Å². The Bertz CT molecular complexity index is 1400. The van der Waals surface area contributed by atoms with Crippen molar-refractivity contribution in [3.05, 3.63) is 87.9 Å². The normalized spacial score (nSPS) is 17.0. The number of ether oxygens (including phenoxy) is 1. The molecule has 1 aliphatic rings. The number of hydrogen-bond acceptors (Lipinski definition) is 5. The fraction of sp³-hybridized carbons (Fsp3) is 0.323. The molecule has 2 N–H and O–H groups in total. The second-order valence-electron chi connectivity index (χ2n) is 10.5. The molecule has 0 saturated carbocycles. The summed E-state index contributed by atoms with van der Waals surface area (Å²) in [5, 5.41) is 13.0. The van der Waals surface area contributed by atoms with E-state index in [1.807, 2.05) is 56.5 Å². The van der Waals surface area contributed by atoms with Gasteiger partial charge >= 0.3 is 12.0 Å². The highest BCUT2D eigenvalue weighted by atomic mass is 35.5. The van der Waals surface area contributed by atoms with Gasteiger partial charge in [-0.2, -0.15) is 0 Å². The number of halogens is 1. The van der Waals surface area contributed by atoms with Gasteiger partial charge in [0, 0.05) is 46.1 Å². The van der Waals surface area contributed by atoms with Crippen LogP contribution in [0.25, 0.3) is 0 Å². The van der Waals surface area contributed by atoms with Crippen molar-refractivity contribution in [1.29, 1.82) is 0 Å². The molecular weight excluding hydrogens is 548 g/mol. The largest absolute Gasteiger partial charge is 0.478 e. The van der Waals surface area contributed by atoms with Crippen molar-refractivity contribution in [3.63, 3.8) is 0 Å². The van der Waals surface area contributed by atoms with Crippen molar-refractivity contribution in [2.45, 2.75) is 44.1 Å². The minimum Gasteiger partial charge on any atom is -0.478 e. The fourth-order valence-electron chi connectivity index (χ4n) is 4.94. The van der Waals surface area contributed by atoms with Gasteiger partial charge in [-0.15, -0.1) is 11.8 Å². The summed E-state index contributed by atoms with van der Waals surface area (Å²) in [6.07, 6.45) is 1.98. The molecule has 1 fully saturated rings. The number of nitrogens with one attached hydrogen (secondary N) is 1. The van der Waals surface area contributed by atoms with Crippen LogP contribution < -0.4 is 10.1 Å². The summed E-state index contributed by atoms with van der Waals surface area (Å²) in [5.74, 6) is -1.31. The van der Waals surface area contributed by atoms with Gasteiger partial charge < -0.3 is 20.1 Å². The predicted molar refractivity (Wildman–Crippen MR) is 159 cm³/mol. The number of urea groups is 1. The molecule has 3 aromatic carbocycles. The first-order chi connectivity index (χ1) is 18.9. The van der Waals surface area contributed by atoms with Gasteiger partial charge in [-0.1, -0.05) is 35.9 Å². The number of rotatable bonds is 8. The van der Waals surface area contributed by atoms with Gasteiger partial charge in [0.05, 0.1) is 0 Å². The number of carbonyl (C=O) groups is 3. The number of carboxylic acid groups (broad SMARTS) is 1. The number of Topliss-reactive ketones (excluding diaryl/α,β-unsaturated/α-hetero) is 1. The lowest BCUT2D eigenvalue weighted by Crippen LogP contribution is -2.38. The first-order valence-corrected chi connectivity index (χ1v) is 14.5. The van der Waals surface area contributed by atoms with Crippen LogP contribution in [0.15, 0.2) is 65.6 Å². The number of aliphatic carboxylic acids is 1. The monoisotopic (exact) mass is 580 g/mol. The van der Waals surface area contributed by atoms with Gasteiger partial charge in [-0.05, 0) is 87.0 Å². The standard InChI is InChI=1S/C31H33ClN2O5S/c1-18-14-21(15-19(2)28(18)39-31(3,4)29(36)37)25-16-34(30(38)33-23-10-8-22(32)9-11-23)17-26(25)27(35)20-6-12-24(40-5)13-7-20/h6-15,25-26H,16-17H2,1-5H3,(H,33,38)(H,36,37)/t25-,26+/m1/s1. The molecular formula is C31H33ClN2O5S. The molecule has 0 radical (unpaired) electrons. The quantitative estimate of drug-likeness (QED) is 0.219. The number of nitrogens with zero attached hydrogens (tertiary/aromatic N) is 1. The van der Waals surface area contributed by atoms with Crippen molar-refractivity contribution in [2.24, 2.45) is 5.92 Å². The van der Waals surface area contributed by atoms with E-state index in [0.29, 0.717) is 28.6 Å². The van der Waals surface area contributed by atoms with Gasteiger partial charge in [-0.25, -0.2) is 9.59 Å². The predicted octanol–water partition coefficient (Wildman–Crippen LogP) is 7.05. The number of carboxylic acids is 1. The van der Waals surface area contributed by atoms with E-state index >= 15 is 0 Å². The summed E-state index contributed by atoms with van der Waals surface area (Å²) < 4.78 is 5.89. The molecule has 0 aliphatic carbocycles. The van der Waals surface area contributed by atoms with Crippen molar-refractivity contribution < 1.29 is 24.2 Å². The van der Waals surface area contributed by atoms with Crippen LogP contribution in [0.1, 0.15) is 46.8 Å². The first-order valence-electron chi connectivity index (χ1n) is 12.9. The zero-order chi connectivity index (χ0) is 29.2. The van der Waals surface area contributed by atoms with E-state index < -0.39 is 17.5 Å². The van der Waals surface area contributed by atoms with Crippen molar-refractivity contribution in [2.75, 3.05) is 24.7 Å². The van der Waals surface area contributed by atoms with Gasteiger partial charge in [0.25, 0.3) is 0 Å². The average molecular weight is 581 g/mol. The fourth-order valence-corrected chi connectivity index (χ4v) is 5.47. The Kier molecular flexibility index (Phi) is 8.80. The highest BCUT2D eigenvalue weighted by molar-refractivity contribution is 7.98. The van der Waals surface area contributed by atoms with E-state index in [1.54, 1.807) is 40.9 Å². The maximum Gasteiger partial charge on any atom is 0.347 e. The second-order valence-corrected chi connectivity index (χ2v) is 11.9. The number of amides is 2. The van der Waals surface area contributed by atoms with Crippen LogP contribution in [0.5, 0.6) is 5.75 Å². The van der Waals surface area contributed by atoms with Crippen LogP contribution in [0.3, 0.4) is 0 Å². The van der Waals surface area contributed by atoms with E-state index in [2.05, 4.69) is 5.32 Å². The third kappa shape index (κ3) is 6.45. The molecule has 1 heterocycles. The highest BCUT2D eigenvalue weighted by Gasteiger charge is 2.41. The number of anilines is 1. The SMILES string of the molecule is CSc1ccc(C(=O)[C@H]2CN(C(=O)Nc3ccc(Cl)cc3)C[C@@H]2c2cc(C)c(OC(C)(C)C(=O)O)c(C)c2)cc1. The molecule has 40 heavy (non-hydrogen) atoms. The Morgan fingerprint density at radius 1 is 1.00 bits per heavy atom. The Morgan fingerprint density at radius 3 is 2.15 bits per heavy atom. The summed E-state index contributed by atoms with van der Waals surface area (Å²) in [6.45, 7) is 7.35. The molecule has 4 rings (SSSR count). The lowest BCUT2D eigenvalue weighted by Gasteiger charge is -2.26. The van der Waals surface area contributed by atoms with Gasteiger partial charge in [0.15, 0.2) is 11.4 Å². The molecule has 0 spiro atoms. The zero-order valence-electron chi connectivity index (χ0n) is 23.2. The molecule has 7 nitrogen and oxygen atoms in total. The van der Waals surface area contributed by atoms with Crippen molar-refractivity contribution in [3.8, 4) is 5.75 Å². The summed E-state index contributed by atoms with van der Waals surface area (Å²) in [5.41, 5.74) is 2.25. The maximum absolute atomic E-state index is 13.8. The van der Waals surface area contributed by atoms with E-state index in [0.717, 1.165) is 21.6 Å². The number of likely N-dealkylation sites (tertiary alicyclic amines) is 1. The first kappa shape index (κ1) is 29.5. The minimum atomic E-state index is -1.40. The van der Waals surface area contributed by atoms with Crippen LogP contribution in [0.2, 0.25) is 5.02 Å². The van der Waals surface area contributed by atoms with Crippen LogP contribution in [0, 0.1) is 19.8 Å². The Hall–Kier alpha value is -3.49. The third-order valence-corrected chi connectivity index (χ3v) is 8.19. The molecule has 3 aromatic rings. The smallest absolute Gasteiger partial charge is 0.347 e. The molecule has 9 heteroatoms. The Balaban J connectivity index is 1.66. The van der Waals surface area contributed by atoms with E-state index in [4.69, 9.17) is 16.3 Å². The summed E-state index contributed by atoms with van der Waals surface area (Å²) in [7, 11) is 0. The maximum atomic E-state index is 13.8. The lowest BCUT2D eigenvalue weighted by molar-refractivity contribution is -0.152. The second kappa shape index (κ2) is 11.9. The zero-order valence-corrected chi connectivity index (χ0v) is 24.7. The molecule has 210 valence electrons. The van der Waals surface area contributed by atoms with Gasteiger partial charge in [0.2, 0.25) is 0 Å². The molecule has 1 aliphatic heterocycles. The third-order valence-electron chi connectivity index (χ3n) is 7.20. The number of carbonyl (C=O) groups excluding carboxylic acids is 2. The number of thioether (sulfide) groups is 1. The average Bonchev–Trinajstić information content (AvgIpc) is 3.37.